The van der Waals surface area contributed by atoms with Gasteiger partial charge in [-0.15, -0.1) is 22.7 Å². The van der Waals surface area contributed by atoms with Gasteiger partial charge in [0.2, 0.25) is 10.3 Å². The highest BCUT2D eigenvalue weighted by Crippen LogP contribution is 2.41. The number of nitrogens with zero attached hydrogens (tertiary/aromatic N) is 2. The fourth-order valence-electron chi connectivity index (χ4n) is 5.58. The number of thiophene rings is 2. The molecule has 9 nitrogen and oxygen atoms in total. The molecular formula is C28H26F4N3O6S3+. The second-order valence-corrected chi connectivity index (χ2v) is 13.8. The number of ether oxygens (including phenoxy) is 1. The van der Waals surface area contributed by atoms with Gasteiger partial charge in [0.15, 0.2) is 12.6 Å². The lowest BCUT2D eigenvalue weighted by molar-refractivity contribution is -0.939. The Labute approximate surface area is 259 Å². The van der Waals surface area contributed by atoms with Crippen molar-refractivity contribution >= 4 is 66.7 Å². The molecule has 44 heavy (non-hydrogen) atoms. The highest BCUT2D eigenvalue weighted by molar-refractivity contribution is 7.35. The van der Waals surface area contributed by atoms with Crippen molar-refractivity contribution in [1.82, 2.24) is 4.98 Å². The maximum absolute atomic E-state index is 14.9. The lowest BCUT2D eigenvalue weighted by Gasteiger charge is -2.51. The SMILES string of the molecule is O=C(C[N+]12CCC(CC1)[C@@H](OC(=O)C(O)(c1cccs1)c1cccs1)C2)Nc1nc2ccccc2[s+]1F.O=C([O-])C(F)(F)F. The van der Waals surface area contributed by atoms with E-state index in [0.29, 0.717) is 31.0 Å². The predicted molar refractivity (Wildman–Crippen MR) is 154 cm³/mol. The molecule has 1 unspecified atom stereocenters. The van der Waals surface area contributed by atoms with Crippen LogP contribution >= 0.6 is 33.5 Å². The number of fused-ring (bicyclic) bond motifs is 4. The van der Waals surface area contributed by atoms with Crippen LogP contribution in [-0.2, 0) is 24.7 Å². The van der Waals surface area contributed by atoms with Gasteiger partial charge in [-0.25, -0.2) is 4.79 Å². The number of nitrogens with one attached hydrogen (secondary N) is 1. The average molecular weight is 673 g/mol. The van der Waals surface area contributed by atoms with Crippen molar-refractivity contribution < 1.29 is 50.9 Å². The number of thiazole rings is 1. The molecule has 0 aliphatic carbocycles. The number of carbonyl (C=O) groups is 3. The summed E-state index contributed by atoms with van der Waals surface area (Å²) >= 11 is 2.62. The highest BCUT2D eigenvalue weighted by atomic mass is 32.2. The van der Waals surface area contributed by atoms with Gasteiger partial charge in [-0.05, 0) is 29.0 Å². The normalized spacial score (nSPS) is 21.8. The number of quaternary nitrogens is 1. The number of rotatable bonds is 7. The Morgan fingerprint density at radius 2 is 1.64 bits per heavy atom. The number of benzene rings is 1. The summed E-state index contributed by atoms with van der Waals surface area (Å²) in [5, 5.41) is 26.8. The third kappa shape index (κ3) is 6.49. The van der Waals surface area contributed by atoms with Gasteiger partial charge in [-0.2, -0.15) is 18.2 Å². The van der Waals surface area contributed by atoms with Gasteiger partial charge in [0.05, 0.1) is 26.7 Å². The van der Waals surface area contributed by atoms with Crippen molar-refractivity contribution in [3.8, 4) is 0 Å². The summed E-state index contributed by atoms with van der Waals surface area (Å²) in [6, 6.07) is 14.0. The summed E-state index contributed by atoms with van der Waals surface area (Å²) in [6.07, 6.45) is -3.96. The van der Waals surface area contributed by atoms with Gasteiger partial charge in [0.1, 0.15) is 18.0 Å². The molecule has 1 aromatic carbocycles. The quantitative estimate of drug-likeness (QED) is 0.131. The van der Waals surface area contributed by atoms with Crippen LogP contribution in [0.3, 0.4) is 0 Å². The smallest absolute Gasteiger partial charge is 0.430 e. The standard InChI is InChI=1S/C26H25FN3O4S3.C2HF3O2/c27-37-20-6-2-1-5-18(20)28-25(37)29-23(31)16-30-11-9-17(10-12-30)19(15-30)34-24(32)26(33,21-7-3-13-35-21)22-8-4-14-36-22;3-2(4,5)1(6)7/h1-8,13-14,17,19,33H,9-12,15-16H2;(H,6,7)/q+1;/t17?,19-,30?,37?;/m0./s1. The minimum absolute atomic E-state index is 0.0521. The van der Waals surface area contributed by atoms with Crippen LogP contribution in [0.1, 0.15) is 22.6 Å². The van der Waals surface area contributed by atoms with E-state index in [1.54, 1.807) is 48.5 Å². The molecule has 16 heteroatoms. The molecule has 3 fully saturated rings. The molecule has 3 aliphatic heterocycles. The number of hydrogen-bond donors (Lipinski definition) is 2. The minimum Gasteiger partial charge on any atom is -0.542 e. The van der Waals surface area contributed by atoms with E-state index in [9.17, 15) is 31.8 Å². The Hall–Kier alpha value is -3.44. The van der Waals surface area contributed by atoms with Gasteiger partial charge in [-0.3, -0.25) is 10.1 Å². The molecule has 3 aliphatic rings. The van der Waals surface area contributed by atoms with Crippen molar-refractivity contribution in [3.05, 3.63) is 69.0 Å². The number of hydrogen-bond acceptors (Lipinski definition) is 9. The lowest BCUT2D eigenvalue weighted by atomic mass is 9.83. The van der Waals surface area contributed by atoms with Crippen LogP contribution in [0, 0.1) is 5.92 Å². The van der Waals surface area contributed by atoms with Gasteiger partial charge < -0.3 is 24.2 Å². The van der Waals surface area contributed by atoms with E-state index in [1.165, 1.54) is 22.7 Å². The van der Waals surface area contributed by atoms with E-state index in [0.717, 1.165) is 25.9 Å². The number of aliphatic carboxylic acids is 1. The fraction of sp³-hybridized carbons (Fsp3) is 0.357. The third-order valence-corrected chi connectivity index (χ3v) is 11.0. The van der Waals surface area contributed by atoms with Crippen LogP contribution in [0.5, 0.6) is 0 Å². The number of para-hydroxylation sites is 1. The van der Waals surface area contributed by atoms with E-state index < -0.39 is 40.7 Å². The molecular weight excluding hydrogens is 647 g/mol. The number of carboxylic acids is 1. The minimum atomic E-state index is -5.19. The Bertz CT molecular complexity index is 1600. The maximum Gasteiger partial charge on any atom is 0.430 e. The Morgan fingerprint density at radius 3 is 2.16 bits per heavy atom. The van der Waals surface area contributed by atoms with Crippen LogP contribution in [0.2, 0.25) is 0 Å². The maximum atomic E-state index is 14.9. The van der Waals surface area contributed by atoms with Gasteiger partial charge in [0.25, 0.3) is 16.8 Å². The molecule has 4 aromatic rings. The number of halogens is 4. The number of carboxylic acid groups (broad SMARTS) is 1. The summed E-state index contributed by atoms with van der Waals surface area (Å²) in [5.41, 5.74) is -1.31. The number of piperidine rings is 3. The molecule has 2 bridgehead atoms. The van der Waals surface area contributed by atoms with Crippen LogP contribution < -0.4 is 10.4 Å². The number of aromatic nitrogens is 1. The molecule has 3 aromatic heterocycles. The van der Waals surface area contributed by atoms with Crippen LogP contribution in [0.4, 0.5) is 22.2 Å². The molecule has 2 atom stereocenters. The fourth-order valence-corrected chi connectivity index (χ4v) is 8.38. The van der Waals surface area contributed by atoms with Crippen LogP contribution in [0.25, 0.3) is 10.2 Å². The molecule has 1 amide bonds. The summed E-state index contributed by atoms with van der Waals surface area (Å²) in [5.74, 6) is -3.79. The zero-order valence-electron chi connectivity index (χ0n) is 22.8. The first-order chi connectivity index (χ1) is 20.8. The van der Waals surface area contributed by atoms with Crippen LogP contribution in [0.15, 0.2) is 59.3 Å². The molecule has 0 saturated carbocycles. The highest BCUT2D eigenvalue weighted by Gasteiger charge is 2.52. The Balaban J connectivity index is 0.000000493. The zero-order valence-corrected chi connectivity index (χ0v) is 25.2. The zero-order chi connectivity index (χ0) is 31.7. The second kappa shape index (κ2) is 12.5. The number of amides is 1. The van der Waals surface area contributed by atoms with Crippen molar-refractivity contribution in [1.29, 1.82) is 0 Å². The first-order valence-electron chi connectivity index (χ1n) is 13.4. The monoisotopic (exact) mass is 672 g/mol. The number of aliphatic hydroxyl groups is 1. The van der Waals surface area contributed by atoms with Gasteiger partial charge in [0, 0.05) is 24.8 Å². The van der Waals surface area contributed by atoms with E-state index in [4.69, 9.17) is 14.6 Å². The van der Waals surface area contributed by atoms with Crippen molar-refractivity contribution in [2.24, 2.45) is 5.92 Å². The summed E-state index contributed by atoms with van der Waals surface area (Å²) in [4.78, 5) is 40.6. The molecule has 6 heterocycles. The number of anilines is 1. The Kier molecular flexibility index (Phi) is 9.09. The molecule has 2 N–H and O–H groups in total. The topological polar surface area (TPSA) is 129 Å². The first kappa shape index (κ1) is 32.0. The lowest BCUT2D eigenvalue weighted by Crippen LogP contribution is -2.66. The summed E-state index contributed by atoms with van der Waals surface area (Å²) < 4.78 is 53.4. The first-order valence-corrected chi connectivity index (χ1v) is 16.2. The number of esters is 1. The molecule has 3 saturated heterocycles. The van der Waals surface area contributed by atoms with E-state index in [1.807, 2.05) is 10.8 Å². The second-order valence-electron chi connectivity index (χ2n) is 10.6. The Morgan fingerprint density at radius 1 is 1.05 bits per heavy atom. The molecule has 0 spiro atoms. The van der Waals surface area contributed by atoms with Gasteiger partial charge >= 0.3 is 17.3 Å². The third-order valence-electron chi connectivity index (χ3n) is 7.76. The summed E-state index contributed by atoms with van der Waals surface area (Å²) in [6.45, 7) is 2.23. The van der Waals surface area contributed by atoms with E-state index >= 15 is 0 Å². The van der Waals surface area contributed by atoms with Crippen molar-refractivity contribution in [2.75, 3.05) is 31.5 Å². The molecule has 0 radical (unpaired) electrons. The van der Waals surface area contributed by atoms with E-state index in [2.05, 4.69) is 10.3 Å². The summed E-state index contributed by atoms with van der Waals surface area (Å²) in [7, 11) is -1.76. The van der Waals surface area contributed by atoms with Crippen LogP contribution in [-0.4, -0.2) is 70.9 Å². The van der Waals surface area contributed by atoms with E-state index in [-0.39, 0.29) is 23.5 Å². The number of alkyl halides is 3. The average Bonchev–Trinajstić information content (AvgIpc) is 3.76. The molecule has 234 valence electrons. The predicted octanol–water partition coefficient (Wildman–Crippen LogP) is 4.16. The largest absolute Gasteiger partial charge is 0.542 e. The number of carbonyl (C=O) groups excluding carboxylic acids is 3. The van der Waals surface area contributed by atoms with Crippen molar-refractivity contribution in [2.45, 2.75) is 30.7 Å². The van der Waals surface area contributed by atoms with Gasteiger partial charge in [-0.1, -0.05) is 24.3 Å². The molecule has 7 rings (SSSR count). The van der Waals surface area contributed by atoms with Crippen molar-refractivity contribution in [3.63, 3.8) is 0 Å².